The number of nitrogens with two attached hydrogens (primary N) is 1. The Bertz CT molecular complexity index is 2790. The van der Waals surface area contributed by atoms with Gasteiger partial charge >= 0.3 is 6.03 Å². The number of carbonyl (C=O) groups is 6. The van der Waals surface area contributed by atoms with Crippen LogP contribution in [0.4, 0.5) is 21.0 Å². The molecule has 5 N–H and O–H groups in total. The van der Waals surface area contributed by atoms with Crippen LogP contribution < -0.4 is 26.0 Å². The van der Waals surface area contributed by atoms with Crippen molar-refractivity contribution in [1.29, 1.82) is 0 Å². The second kappa shape index (κ2) is 20.1. The Labute approximate surface area is 387 Å². The topological polar surface area (TPSA) is 239 Å². The first kappa shape index (κ1) is 46.4. The number of anilines is 2. The Balaban J connectivity index is 0.807. The highest BCUT2D eigenvalue weighted by molar-refractivity contribution is 6.35. The number of halogens is 2. The molecule has 0 saturated carbocycles. The van der Waals surface area contributed by atoms with Crippen LogP contribution in [0.2, 0.25) is 5.02 Å². The van der Waals surface area contributed by atoms with E-state index >= 15 is 4.39 Å². The van der Waals surface area contributed by atoms with E-state index in [1.165, 1.54) is 28.0 Å². The van der Waals surface area contributed by atoms with Crippen molar-refractivity contribution in [1.82, 2.24) is 30.0 Å². The molecular weight excluding hydrogens is 893 g/mol. The number of urea groups is 1. The second-order valence-electron chi connectivity index (χ2n) is 16.1. The Morgan fingerprint density at radius 2 is 1.64 bits per heavy atom. The molecule has 0 spiro atoms. The molecule has 5 aromatic rings. The summed E-state index contributed by atoms with van der Waals surface area (Å²) in [6, 6.07) is 14.8. The Morgan fingerprint density at radius 1 is 0.910 bits per heavy atom. The lowest BCUT2D eigenvalue weighted by atomic mass is 9.96. The van der Waals surface area contributed by atoms with E-state index in [1.54, 1.807) is 25.2 Å². The van der Waals surface area contributed by atoms with Crippen LogP contribution in [0.5, 0.6) is 11.5 Å². The molecule has 2 fully saturated rings. The number of piperidine rings is 1. The van der Waals surface area contributed by atoms with E-state index in [1.807, 2.05) is 29.2 Å². The monoisotopic (exact) mass is 939 g/mol. The average molecular weight is 940 g/mol. The van der Waals surface area contributed by atoms with Gasteiger partial charge in [-0.25, -0.2) is 14.2 Å². The number of fused-ring (bicyclic) bond motifs is 3. The minimum atomic E-state index is -1.06. The van der Waals surface area contributed by atoms with Gasteiger partial charge in [0, 0.05) is 70.1 Å². The molecule has 3 aliphatic heterocycles. The number of nitrogens with zero attached hydrogens (tertiary/aromatic N) is 6. The third kappa shape index (κ3) is 10.0. The molecule has 0 aliphatic carbocycles. The maximum atomic E-state index is 16.9. The van der Waals surface area contributed by atoms with Crippen LogP contribution in [0.1, 0.15) is 40.0 Å². The van der Waals surface area contributed by atoms with E-state index in [0.29, 0.717) is 66.0 Å². The lowest BCUT2D eigenvalue weighted by molar-refractivity contribution is -0.136. The zero-order valence-corrected chi connectivity index (χ0v) is 37.1. The van der Waals surface area contributed by atoms with E-state index in [2.05, 4.69) is 15.6 Å². The zero-order chi connectivity index (χ0) is 47.4. The van der Waals surface area contributed by atoms with E-state index in [4.69, 9.17) is 36.5 Å². The molecule has 350 valence electrons. The molecule has 7 amide bonds. The van der Waals surface area contributed by atoms with Crippen LogP contribution in [-0.2, 0) is 23.9 Å². The number of ether oxygens (including phenoxy) is 3. The molecule has 67 heavy (non-hydrogen) atoms. The number of hydrogen-bond acceptors (Lipinski definition) is 14. The lowest BCUT2D eigenvalue weighted by Crippen LogP contribution is -2.54. The highest BCUT2D eigenvalue weighted by Crippen LogP contribution is 2.42. The number of likely N-dealkylation sites (N-methyl/N-ethyl adjacent to an activating group) is 1. The van der Waals surface area contributed by atoms with Gasteiger partial charge < -0.3 is 45.1 Å². The largest absolute Gasteiger partial charge is 0.508 e. The molecule has 4 heterocycles. The van der Waals surface area contributed by atoms with E-state index in [9.17, 15) is 33.9 Å². The number of nitrogens with one attached hydrogen (secondary N) is 2. The molecule has 3 aliphatic rings. The number of aromatic hydroxyl groups is 1. The van der Waals surface area contributed by atoms with Crippen molar-refractivity contribution in [3.05, 3.63) is 82.6 Å². The molecule has 0 bridgehead atoms. The molecule has 8 rings (SSSR count). The van der Waals surface area contributed by atoms with Crippen LogP contribution in [0.3, 0.4) is 0 Å². The number of amides is 7. The first-order valence-electron chi connectivity index (χ1n) is 21.6. The first-order chi connectivity index (χ1) is 32.3. The van der Waals surface area contributed by atoms with Gasteiger partial charge in [-0.05, 0) is 59.2 Å². The number of imide groups is 2. The molecule has 4 aromatic carbocycles. The minimum Gasteiger partial charge on any atom is -0.508 e. The third-order valence-corrected chi connectivity index (χ3v) is 12.1. The zero-order valence-electron chi connectivity index (χ0n) is 36.4. The van der Waals surface area contributed by atoms with Gasteiger partial charge in [-0.3, -0.25) is 34.2 Å². The number of carbonyl (C=O) groups excluding carboxylic acids is 6. The average Bonchev–Trinajstić information content (AvgIpc) is 3.55. The summed E-state index contributed by atoms with van der Waals surface area (Å²) >= 11 is 6.83. The SMILES string of the molecule is CN(CCOCCOCCOc1ccc2c(c1)C(=O)N(C1CCC(=O)NC1=O)C2=O)C(=O)CCNc1nc(N2CCN(C(N)=O)CC2)c2cc(Cl)c(-c3cc(O)cc4ccccc34)c(F)c2n1. The van der Waals surface area contributed by atoms with Crippen molar-refractivity contribution < 1.29 is 52.5 Å². The lowest BCUT2D eigenvalue weighted by Gasteiger charge is -2.35. The van der Waals surface area contributed by atoms with Crippen LogP contribution in [0, 0.1) is 5.82 Å². The number of benzene rings is 4. The van der Waals surface area contributed by atoms with E-state index < -0.39 is 41.5 Å². The standard InChI is InChI=1S/C46H47ClFN9O10/c1-54(16-17-65-18-19-66-20-21-67-28-6-7-30-32(24-28)44(63)57(43(30)62)35-8-9-36(59)51-42(35)61)37(60)10-11-50-46-52-40-33(41(53-46)55-12-14-56(15-13-55)45(49)64)25-34(47)38(39(40)48)31-23-27(58)22-26-4-2-3-5-29(26)31/h2-7,22-25,35,58H,8-21H2,1H3,(H2,49,64)(H,50,52,53)(H,51,59,61). The van der Waals surface area contributed by atoms with Crippen molar-refractivity contribution in [2.24, 2.45) is 5.73 Å². The maximum Gasteiger partial charge on any atom is 0.314 e. The Kier molecular flexibility index (Phi) is 13.9. The number of primary amides is 1. The number of piperazine rings is 1. The third-order valence-electron chi connectivity index (χ3n) is 11.8. The Hall–Kier alpha value is -7.16. The van der Waals surface area contributed by atoms with Crippen LogP contribution >= 0.6 is 11.6 Å². The van der Waals surface area contributed by atoms with Crippen LogP contribution in [0.15, 0.2) is 60.7 Å². The first-order valence-corrected chi connectivity index (χ1v) is 22.0. The van der Waals surface area contributed by atoms with Gasteiger partial charge in [0.2, 0.25) is 23.7 Å². The highest BCUT2D eigenvalue weighted by Gasteiger charge is 2.44. The van der Waals surface area contributed by atoms with Crippen molar-refractivity contribution >= 4 is 80.6 Å². The van der Waals surface area contributed by atoms with Gasteiger partial charge in [0.05, 0.1) is 42.6 Å². The molecule has 19 nitrogen and oxygen atoms in total. The summed E-state index contributed by atoms with van der Waals surface area (Å²) in [5.74, 6) is -2.52. The van der Waals surface area contributed by atoms with Gasteiger partial charge in [0.1, 0.15) is 35.5 Å². The fraction of sp³-hybridized carbons (Fsp3) is 0.348. The quantitative estimate of drug-likeness (QED) is 0.0764. The minimum absolute atomic E-state index is 0.0224. The summed E-state index contributed by atoms with van der Waals surface area (Å²) in [5.41, 5.74) is 6.21. The fourth-order valence-electron chi connectivity index (χ4n) is 8.27. The second-order valence-corrected chi connectivity index (χ2v) is 16.5. The number of hydrogen-bond donors (Lipinski definition) is 4. The van der Waals surface area contributed by atoms with Crippen LogP contribution in [0.25, 0.3) is 32.8 Å². The Morgan fingerprint density at radius 3 is 2.40 bits per heavy atom. The van der Waals surface area contributed by atoms with Gasteiger partial charge in [0.25, 0.3) is 11.8 Å². The van der Waals surface area contributed by atoms with Crippen molar-refractivity contribution in [2.75, 3.05) is 89.6 Å². The molecule has 2 saturated heterocycles. The molecular formula is C46H47ClFN9O10. The molecule has 1 aromatic heterocycles. The maximum absolute atomic E-state index is 16.9. The van der Waals surface area contributed by atoms with Gasteiger partial charge in [-0.1, -0.05) is 35.9 Å². The summed E-state index contributed by atoms with van der Waals surface area (Å²) in [6.07, 6.45) is 0.152. The van der Waals surface area contributed by atoms with E-state index in [-0.39, 0.29) is 104 Å². The van der Waals surface area contributed by atoms with Gasteiger partial charge in [-0.2, -0.15) is 4.98 Å². The molecule has 1 unspecified atom stereocenters. The van der Waals surface area contributed by atoms with Gasteiger partial charge in [0.15, 0.2) is 5.82 Å². The molecule has 0 radical (unpaired) electrons. The molecule has 21 heteroatoms. The summed E-state index contributed by atoms with van der Waals surface area (Å²) in [4.78, 5) is 89.9. The van der Waals surface area contributed by atoms with Gasteiger partial charge in [-0.15, -0.1) is 0 Å². The van der Waals surface area contributed by atoms with Crippen molar-refractivity contribution in [3.63, 3.8) is 0 Å². The summed E-state index contributed by atoms with van der Waals surface area (Å²) < 4.78 is 33.8. The number of phenols is 1. The smallest absolute Gasteiger partial charge is 0.314 e. The number of rotatable bonds is 17. The number of aromatic nitrogens is 2. The predicted molar refractivity (Wildman–Crippen MR) is 243 cm³/mol. The van der Waals surface area contributed by atoms with Crippen LogP contribution in [-0.4, -0.2) is 151 Å². The summed E-state index contributed by atoms with van der Waals surface area (Å²) in [7, 11) is 1.65. The van der Waals surface area contributed by atoms with Crippen molar-refractivity contribution in [2.45, 2.75) is 25.3 Å². The summed E-state index contributed by atoms with van der Waals surface area (Å²) in [6.45, 7) is 2.88. The predicted octanol–water partition coefficient (Wildman–Crippen LogP) is 3.92. The fourth-order valence-corrected chi connectivity index (χ4v) is 8.56. The summed E-state index contributed by atoms with van der Waals surface area (Å²) in [5, 5.41) is 17.6. The van der Waals surface area contributed by atoms with E-state index in [0.717, 1.165) is 4.90 Å². The highest BCUT2D eigenvalue weighted by atomic mass is 35.5. The molecule has 1 atom stereocenters. The number of phenolic OH excluding ortho intramolecular Hbond substituents is 1. The normalized spacial score (nSPS) is 16.2. The van der Waals surface area contributed by atoms with Crippen molar-refractivity contribution in [3.8, 4) is 22.6 Å².